The fourth-order valence-electron chi connectivity index (χ4n) is 2.04. The number of benzene rings is 2. The predicted octanol–water partition coefficient (Wildman–Crippen LogP) is 3.43. The maximum absolute atomic E-state index is 12.4. The van der Waals surface area contributed by atoms with Crippen molar-refractivity contribution >= 4 is 31.5 Å². The monoisotopic (exact) mass is 242 g/mol. The van der Waals surface area contributed by atoms with Gasteiger partial charge >= 0.3 is 0 Å². The molecule has 0 saturated carbocycles. The van der Waals surface area contributed by atoms with Crippen molar-refractivity contribution in [3.8, 4) is 5.75 Å². The molecule has 0 aliphatic heterocycles. The van der Waals surface area contributed by atoms with Gasteiger partial charge in [0.25, 0.3) is 0 Å². The smallest absolute Gasteiger partial charge is 0.196 e. The highest BCUT2D eigenvalue weighted by atomic mass is 32.1. The van der Waals surface area contributed by atoms with Gasteiger partial charge in [0.15, 0.2) is 5.43 Å². The summed E-state index contributed by atoms with van der Waals surface area (Å²) in [6, 6.07) is 11.0. The van der Waals surface area contributed by atoms with Gasteiger partial charge in [-0.2, -0.15) is 0 Å². The first kappa shape index (κ1) is 10.3. The Morgan fingerprint density at radius 3 is 2.65 bits per heavy atom. The second kappa shape index (κ2) is 3.57. The molecule has 1 heterocycles. The maximum Gasteiger partial charge on any atom is 0.196 e. The Bertz CT molecular complexity index is 787. The van der Waals surface area contributed by atoms with Gasteiger partial charge in [-0.1, -0.05) is 12.1 Å². The van der Waals surface area contributed by atoms with Crippen molar-refractivity contribution in [1.29, 1.82) is 0 Å². The number of fused-ring (bicyclic) bond motifs is 2. The maximum atomic E-state index is 12.4. The SMILES string of the molecule is Cc1c(O)ccc2sc3ccccc3c(=O)c12. The van der Waals surface area contributed by atoms with Crippen LogP contribution in [0.15, 0.2) is 41.2 Å². The lowest BCUT2D eigenvalue weighted by Crippen LogP contribution is -2.02. The number of phenolic OH excluding ortho intramolecular Hbond substituents is 1. The van der Waals surface area contributed by atoms with Crippen LogP contribution < -0.4 is 5.43 Å². The summed E-state index contributed by atoms with van der Waals surface area (Å²) in [6.45, 7) is 1.78. The van der Waals surface area contributed by atoms with Crippen LogP contribution in [0.3, 0.4) is 0 Å². The largest absolute Gasteiger partial charge is 0.508 e. The van der Waals surface area contributed by atoms with Crippen molar-refractivity contribution in [2.75, 3.05) is 0 Å². The highest BCUT2D eigenvalue weighted by molar-refractivity contribution is 7.24. The van der Waals surface area contributed by atoms with E-state index in [1.54, 1.807) is 30.4 Å². The van der Waals surface area contributed by atoms with Crippen LogP contribution in [-0.2, 0) is 0 Å². The summed E-state index contributed by atoms with van der Waals surface area (Å²) in [5.74, 6) is 0.178. The van der Waals surface area contributed by atoms with Crippen LogP contribution in [0.5, 0.6) is 5.75 Å². The lowest BCUT2D eigenvalue weighted by atomic mass is 10.1. The molecule has 0 fully saturated rings. The number of phenols is 1. The van der Waals surface area contributed by atoms with Crippen LogP contribution in [0.2, 0.25) is 0 Å². The molecule has 0 radical (unpaired) electrons. The Morgan fingerprint density at radius 1 is 1.06 bits per heavy atom. The molecule has 0 aliphatic rings. The van der Waals surface area contributed by atoms with Gasteiger partial charge in [-0.05, 0) is 31.2 Å². The predicted molar refractivity (Wildman–Crippen MR) is 72.0 cm³/mol. The Morgan fingerprint density at radius 2 is 1.82 bits per heavy atom. The van der Waals surface area contributed by atoms with Gasteiger partial charge in [0, 0.05) is 25.7 Å². The van der Waals surface area contributed by atoms with Crippen molar-refractivity contribution in [3.63, 3.8) is 0 Å². The molecule has 17 heavy (non-hydrogen) atoms. The van der Waals surface area contributed by atoms with Crippen molar-refractivity contribution < 1.29 is 5.11 Å². The lowest BCUT2D eigenvalue weighted by Gasteiger charge is -2.05. The topological polar surface area (TPSA) is 37.3 Å². The van der Waals surface area contributed by atoms with Gasteiger partial charge in [-0.3, -0.25) is 4.79 Å². The molecule has 1 aromatic heterocycles. The van der Waals surface area contributed by atoms with E-state index in [-0.39, 0.29) is 11.2 Å². The van der Waals surface area contributed by atoms with Crippen molar-refractivity contribution in [3.05, 3.63) is 52.2 Å². The number of hydrogen-bond acceptors (Lipinski definition) is 3. The van der Waals surface area contributed by atoms with Crippen molar-refractivity contribution in [1.82, 2.24) is 0 Å². The average Bonchev–Trinajstić information content (AvgIpc) is 2.34. The first-order valence-electron chi connectivity index (χ1n) is 5.32. The summed E-state index contributed by atoms with van der Waals surface area (Å²) in [6.07, 6.45) is 0. The lowest BCUT2D eigenvalue weighted by molar-refractivity contribution is 0.472. The molecule has 3 heteroatoms. The number of aryl methyl sites for hydroxylation is 1. The quantitative estimate of drug-likeness (QED) is 0.613. The van der Waals surface area contributed by atoms with Crippen molar-refractivity contribution in [2.45, 2.75) is 6.92 Å². The van der Waals surface area contributed by atoms with Crippen LogP contribution >= 0.6 is 11.3 Å². The normalized spacial score (nSPS) is 11.1. The first-order valence-corrected chi connectivity index (χ1v) is 6.14. The van der Waals surface area contributed by atoms with E-state index in [0.717, 1.165) is 14.8 Å². The highest BCUT2D eigenvalue weighted by Gasteiger charge is 2.09. The molecule has 2 aromatic carbocycles. The standard InChI is InChI=1S/C14H10O2S/c1-8-10(15)6-7-12-13(8)14(16)9-4-2-3-5-11(9)17-12/h2-7,15H,1H3. The van der Waals surface area contributed by atoms with Crippen LogP contribution in [0.25, 0.3) is 20.2 Å². The molecular formula is C14H10O2S. The molecule has 3 aromatic rings. The molecule has 84 valence electrons. The van der Waals surface area contributed by atoms with E-state index in [1.165, 1.54) is 0 Å². The minimum atomic E-state index is 0.00255. The summed E-state index contributed by atoms with van der Waals surface area (Å²) in [5.41, 5.74) is 0.664. The van der Waals surface area contributed by atoms with Crippen LogP contribution in [0, 0.1) is 6.92 Å². The molecule has 1 N–H and O–H groups in total. The summed E-state index contributed by atoms with van der Waals surface area (Å²) in [5, 5.41) is 11.0. The van der Waals surface area contributed by atoms with E-state index >= 15 is 0 Å². The summed E-state index contributed by atoms with van der Waals surface area (Å²) < 4.78 is 1.90. The summed E-state index contributed by atoms with van der Waals surface area (Å²) >= 11 is 1.58. The average molecular weight is 242 g/mol. The van der Waals surface area contributed by atoms with Gasteiger partial charge in [0.1, 0.15) is 5.75 Å². The molecule has 0 spiro atoms. The second-order valence-electron chi connectivity index (χ2n) is 4.01. The zero-order valence-electron chi connectivity index (χ0n) is 9.23. The first-order chi connectivity index (χ1) is 8.18. The van der Waals surface area contributed by atoms with E-state index < -0.39 is 0 Å². The highest BCUT2D eigenvalue weighted by Crippen LogP contribution is 2.30. The molecule has 0 atom stereocenters. The Labute approximate surface area is 102 Å². The van der Waals surface area contributed by atoms with Crippen LogP contribution in [0.1, 0.15) is 5.56 Å². The molecule has 2 nitrogen and oxygen atoms in total. The molecule has 0 aliphatic carbocycles. The summed E-state index contributed by atoms with van der Waals surface area (Å²) in [4.78, 5) is 12.4. The molecule has 0 amide bonds. The van der Waals surface area contributed by atoms with E-state index in [1.807, 2.05) is 24.3 Å². The minimum Gasteiger partial charge on any atom is -0.508 e. The minimum absolute atomic E-state index is 0.00255. The second-order valence-corrected chi connectivity index (χ2v) is 5.09. The number of rotatable bonds is 0. The Balaban J connectivity index is 2.66. The zero-order valence-corrected chi connectivity index (χ0v) is 10.0. The number of aromatic hydroxyl groups is 1. The molecule has 0 unspecified atom stereocenters. The third kappa shape index (κ3) is 1.43. The van der Waals surface area contributed by atoms with Crippen molar-refractivity contribution in [2.24, 2.45) is 0 Å². The fraction of sp³-hybridized carbons (Fsp3) is 0.0714. The van der Waals surface area contributed by atoms with E-state index in [0.29, 0.717) is 10.9 Å². The fourth-order valence-corrected chi connectivity index (χ4v) is 3.18. The zero-order chi connectivity index (χ0) is 12.0. The van der Waals surface area contributed by atoms with Crippen LogP contribution in [0.4, 0.5) is 0 Å². The Kier molecular flexibility index (Phi) is 2.16. The molecular weight excluding hydrogens is 232 g/mol. The van der Waals surface area contributed by atoms with E-state index in [4.69, 9.17) is 0 Å². The van der Waals surface area contributed by atoms with Crippen LogP contribution in [-0.4, -0.2) is 5.11 Å². The third-order valence-corrected chi connectivity index (χ3v) is 4.11. The van der Waals surface area contributed by atoms with Gasteiger partial charge in [-0.15, -0.1) is 11.3 Å². The number of hydrogen-bond donors (Lipinski definition) is 1. The van der Waals surface area contributed by atoms with Gasteiger partial charge in [0.05, 0.1) is 0 Å². The van der Waals surface area contributed by atoms with Gasteiger partial charge in [0.2, 0.25) is 0 Å². The van der Waals surface area contributed by atoms with Gasteiger partial charge < -0.3 is 5.11 Å². The molecule has 0 bridgehead atoms. The molecule has 3 rings (SSSR count). The van der Waals surface area contributed by atoms with Gasteiger partial charge in [-0.25, -0.2) is 0 Å². The summed E-state index contributed by atoms with van der Waals surface area (Å²) in [7, 11) is 0. The van der Waals surface area contributed by atoms with E-state index in [2.05, 4.69) is 0 Å². The molecule has 0 saturated heterocycles. The Hall–Kier alpha value is -1.87. The third-order valence-electron chi connectivity index (χ3n) is 2.98. The van der Waals surface area contributed by atoms with E-state index in [9.17, 15) is 9.90 Å².